The summed E-state index contributed by atoms with van der Waals surface area (Å²) in [5.74, 6) is 0. The Morgan fingerprint density at radius 1 is 1.32 bits per heavy atom. The number of pyridine rings is 1. The minimum atomic E-state index is -0.469. The van der Waals surface area contributed by atoms with Crippen LogP contribution in [0.15, 0.2) is 41.8 Å². The van der Waals surface area contributed by atoms with Crippen LogP contribution in [0.5, 0.6) is 0 Å². The van der Waals surface area contributed by atoms with Gasteiger partial charge in [-0.3, -0.25) is 4.98 Å². The lowest BCUT2D eigenvalue weighted by Crippen LogP contribution is -2.12. The Morgan fingerprint density at radius 2 is 2.16 bits per heavy atom. The lowest BCUT2D eigenvalue weighted by atomic mass is 10.2. The van der Waals surface area contributed by atoms with Gasteiger partial charge in [-0.15, -0.1) is 0 Å². The van der Waals surface area contributed by atoms with E-state index in [9.17, 15) is 0 Å². The van der Waals surface area contributed by atoms with Gasteiger partial charge in [0.15, 0.2) is 0 Å². The molecule has 0 saturated carbocycles. The van der Waals surface area contributed by atoms with Crippen LogP contribution in [0.2, 0.25) is 0 Å². The SMILES string of the molecule is CC(C#N)Nc1cc(-c2ccc3cc(C#N)cnn23)ncc1N=[N+]=[N-]. The summed E-state index contributed by atoms with van der Waals surface area (Å²) in [5, 5.41) is 28.8. The van der Waals surface area contributed by atoms with Crippen LogP contribution in [-0.2, 0) is 0 Å². The molecule has 0 radical (unpaired) electrons. The summed E-state index contributed by atoms with van der Waals surface area (Å²) in [6.07, 6.45) is 2.91. The average molecular weight is 329 g/mol. The molecule has 0 aliphatic rings. The molecular weight excluding hydrogens is 318 g/mol. The van der Waals surface area contributed by atoms with E-state index in [1.54, 1.807) is 23.6 Å². The van der Waals surface area contributed by atoms with Crippen LogP contribution < -0.4 is 5.32 Å². The van der Waals surface area contributed by atoms with Crippen molar-refractivity contribution >= 4 is 16.9 Å². The first kappa shape index (κ1) is 15.8. The molecule has 0 saturated heterocycles. The number of hydrogen-bond acceptors (Lipinski definition) is 6. The van der Waals surface area contributed by atoms with Crippen LogP contribution >= 0.6 is 0 Å². The van der Waals surface area contributed by atoms with Crippen molar-refractivity contribution in [3.63, 3.8) is 0 Å². The highest BCUT2D eigenvalue weighted by atomic mass is 15.2. The maximum Gasteiger partial charge on any atom is 0.111 e. The van der Waals surface area contributed by atoms with E-state index in [2.05, 4.69) is 31.5 Å². The first-order chi connectivity index (χ1) is 12.2. The third kappa shape index (κ3) is 3.04. The third-order valence-corrected chi connectivity index (χ3v) is 3.49. The van der Waals surface area contributed by atoms with Crippen molar-refractivity contribution < 1.29 is 0 Å². The maximum atomic E-state index is 8.99. The van der Waals surface area contributed by atoms with Gasteiger partial charge in [0.25, 0.3) is 0 Å². The molecule has 0 aromatic carbocycles. The Bertz CT molecular complexity index is 1080. The van der Waals surface area contributed by atoms with Crippen LogP contribution in [0.25, 0.3) is 27.3 Å². The average Bonchev–Trinajstić information content (AvgIpc) is 3.06. The fraction of sp³-hybridized carbons (Fsp3) is 0.125. The lowest BCUT2D eigenvalue weighted by molar-refractivity contribution is 0.939. The minimum Gasteiger partial charge on any atom is -0.370 e. The number of nitrogens with one attached hydrogen (secondary N) is 1. The van der Waals surface area contributed by atoms with Gasteiger partial charge in [0.1, 0.15) is 12.1 Å². The van der Waals surface area contributed by atoms with Gasteiger partial charge in [0.2, 0.25) is 0 Å². The van der Waals surface area contributed by atoms with Gasteiger partial charge < -0.3 is 5.32 Å². The van der Waals surface area contributed by atoms with E-state index in [4.69, 9.17) is 16.1 Å². The summed E-state index contributed by atoms with van der Waals surface area (Å²) in [7, 11) is 0. The normalized spacial score (nSPS) is 11.2. The van der Waals surface area contributed by atoms with Gasteiger partial charge in [-0.05, 0) is 36.7 Å². The molecule has 25 heavy (non-hydrogen) atoms. The van der Waals surface area contributed by atoms with E-state index in [0.29, 0.717) is 28.3 Å². The molecule has 3 heterocycles. The smallest absolute Gasteiger partial charge is 0.111 e. The topological polar surface area (TPSA) is 139 Å². The second-order valence-electron chi connectivity index (χ2n) is 5.18. The summed E-state index contributed by atoms with van der Waals surface area (Å²) < 4.78 is 1.66. The quantitative estimate of drug-likeness (QED) is 0.443. The van der Waals surface area contributed by atoms with Crippen molar-refractivity contribution in [3.05, 3.63) is 52.7 Å². The summed E-state index contributed by atoms with van der Waals surface area (Å²) >= 11 is 0. The molecule has 3 aromatic rings. The molecule has 120 valence electrons. The van der Waals surface area contributed by atoms with E-state index < -0.39 is 6.04 Å². The molecular formula is C16H11N9. The van der Waals surface area contributed by atoms with E-state index in [1.165, 1.54) is 12.4 Å². The van der Waals surface area contributed by atoms with Crippen LogP contribution in [0.4, 0.5) is 11.4 Å². The van der Waals surface area contributed by atoms with Gasteiger partial charge in [0, 0.05) is 16.8 Å². The second-order valence-corrected chi connectivity index (χ2v) is 5.18. The van der Waals surface area contributed by atoms with Crippen molar-refractivity contribution in [1.82, 2.24) is 14.6 Å². The zero-order chi connectivity index (χ0) is 17.8. The Morgan fingerprint density at radius 3 is 2.88 bits per heavy atom. The molecule has 3 rings (SSSR count). The predicted molar refractivity (Wildman–Crippen MR) is 90.6 cm³/mol. The fourth-order valence-electron chi connectivity index (χ4n) is 2.35. The molecule has 1 atom stereocenters. The van der Waals surface area contributed by atoms with Crippen molar-refractivity contribution in [1.29, 1.82) is 10.5 Å². The van der Waals surface area contributed by atoms with Crippen LogP contribution in [-0.4, -0.2) is 20.6 Å². The maximum absolute atomic E-state index is 8.99. The van der Waals surface area contributed by atoms with Gasteiger partial charge in [-0.25, -0.2) is 4.52 Å². The monoisotopic (exact) mass is 329 g/mol. The number of nitrogens with zero attached hydrogens (tertiary/aromatic N) is 8. The van der Waals surface area contributed by atoms with E-state index in [0.717, 1.165) is 5.52 Å². The van der Waals surface area contributed by atoms with E-state index >= 15 is 0 Å². The Kier molecular flexibility index (Phi) is 4.17. The van der Waals surface area contributed by atoms with Gasteiger partial charge in [-0.1, -0.05) is 5.11 Å². The molecule has 0 spiro atoms. The Hall–Kier alpha value is -4.07. The lowest BCUT2D eigenvalue weighted by Gasteiger charge is -2.12. The molecule has 0 fully saturated rings. The van der Waals surface area contributed by atoms with Crippen LogP contribution in [0.1, 0.15) is 12.5 Å². The number of rotatable bonds is 4. The molecule has 0 amide bonds. The van der Waals surface area contributed by atoms with Crippen LogP contribution in [0.3, 0.4) is 0 Å². The number of aromatic nitrogens is 3. The molecule has 9 heteroatoms. The van der Waals surface area contributed by atoms with Crippen LogP contribution in [0, 0.1) is 22.7 Å². The number of nitriles is 2. The number of hydrogen-bond donors (Lipinski definition) is 1. The number of azide groups is 1. The van der Waals surface area contributed by atoms with Crippen molar-refractivity contribution in [3.8, 4) is 23.5 Å². The summed E-state index contributed by atoms with van der Waals surface area (Å²) in [6, 6.07) is 10.7. The Balaban J connectivity index is 2.12. The van der Waals surface area contributed by atoms with Crippen molar-refractivity contribution in [2.24, 2.45) is 5.11 Å². The number of anilines is 1. The van der Waals surface area contributed by atoms with Crippen molar-refractivity contribution in [2.75, 3.05) is 5.32 Å². The Labute approximate surface area is 142 Å². The largest absolute Gasteiger partial charge is 0.370 e. The molecule has 1 unspecified atom stereocenters. The predicted octanol–water partition coefficient (Wildman–Crippen LogP) is 3.53. The van der Waals surface area contributed by atoms with E-state index in [-0.39, 0.29) is 0 Å². The number of fused-ring (bicyclic) bond motifs is 1. The van der Waals surface area contributed by atoms with E-state index in [1.807, 2.05) is 18.2 Å². The molecule has 1 N–H and O–H groups in total. The minimum absolute atomic E-state index is 0.300. The molecule has 0 aliphatic carbocycles. The highest BCUT2D eigenvalue weighted by Gasteiger charge is 2.12. The van der Waals surface area contributed by atoms with Gasteiger partial charge in [0.05, 0.1) is 40.4 Å². The summed E-state index contributed by atoms with van der Waals surface area (Å²) in [5.41, 5.74) is 12.0. The first-order valence-electron chi connectivity index (χ1n) is 7.26. The standard InChI is InChI=1S/C16H11N9/c1-10(6-17)22-13-5-14(20-9-15(13)23-24-19)16-3-2-12-4-11(7-18)8-21-25(12)16/h2-5,8-10H,1H3,(H,20,22). The molecule has 0 aliphatic heterocycles. The summed E-state index contributed by atoms with van der Waals surface area (Å²) in [6.45, 7) is 1.69. The summed E-state index contributed by atoms with van der Waals surface area (Å²) in [4.78, 5) is 7.09. The zero-order valence-electron chi connectivity index (χ0n) is 13.1. The molecule has 9 nitrogen and oxygen atoms in total. The highest BCUT2D eigenvalue weighted by Crippen LogP contribution is 2.30. The molecule has 3 aromatic heterocycles. The fourth-order valence-corrected chi connectivity index (χ4v) is 2.35. The van der Waals surface area contributed by atoms with Crippen molar-refractivity contribution in [2.45, 2.75) is 13.0 Å². The zero-order valence-corrected chi connectivity index (χ0v) is 13.1. The highest BCUT2D eigenvalue weighted by molar-refractivity contribution is 5.73. The van der Waals surface area contributed by atoms with Gasteiger partial charge >= 0.3 is 0 Å². The molecule has 0 bridgehead atoms. The first-order valence-corrected chi connectivity index (χ1v) is 7.26. The van der Waals surface area contributed by atoms with Gasteiger partial charge in [-0.2, -0.15) is 15.6 Å². The third-order valence-electron chi connectivity index (χ3n) is 3.49. The second kappa shape index (κ2) is 6.59.